The molecule has 0 aromatic heterocycles. The van der Waals surface area contributed by atoms with Gasteiger partial charge in [-0.3, -0.25) is 0 Å². The molecule has 0 unspecified atom stereocenters. The normalized spacial score (nSPS) is 36.1. The van der Waals surface area contributed by atoms with Crippen LogP contribution in [0.2, 0.25) is 0 Å². The first kappa shape index (κ1) is 68.5. The molecular weight excluding hydrogens is 1250 g/mol. The van der Waals surface area contributed by atoms with Gasteiger partial charge in [0.15, 0.2) is 6.10 Å². The van der Waals surface area contributed by atoms with Crippen LogP contribution in [0.15, 0.2) is 189 Å². The second kappa shape index (κ2) is 29.6. The van der Waals surface area contributed by atoms with E-state index in [0.29, 0.717) is 97.6 Å². The van der Waals surface area contributed by atoms with Gasteiger partial charge in [-0.2, -0.15) is 0 Å². The molecule has 8 fully saturated rings. The highest BCUT2D eigenvalue weighted by Crippen LogP contribution is 2.53. The molecule has 8 aliphatic rings. The van der Waals surface area contributed by atoms with Gasteiger partial charge in [-0.1, -0.05) is 177 Å². The minimum atomic E-state index is -1.03. The molecule has 8 heterocycles. The van der Waals surface area contributed by atoms with Crippen LogP contribution in [0.5, 0.6) is 0 Å². The first-order chi connectivity index (χ1) is 48.2. The van der Waals surface area contributed by atoms with Crippen molar-refractivity contribution in [1.29, 1.82) is 0 Å². The van der Waals surface area contributed by atoms with Crippen LogP contribution in [-0.2, 0) is 104 Å². The van der Waals surface area contributed by atoms with Crippen molar-refractivity contribution in [3.05, 3.63) is 216 Å². The van der Waals surface area contributed by atoms with E-state index in [1.54, 1.807) is 0 Å². The molecule has 0 aliphatic carbocycles. The number of fused-ring (bicyclic) bond motifs is 8. The fourth-order valence-electron chi connectivity index (χ4n) is 17.4. The summed E-state index contributed by atoms with van der Waals surface area (Å²) in [4.78, 5) is 15.0. The smallest absolute Gasteiger partial charge is 0.335 e. The Kier molecular flexibility index (Phi) is 20.5. The highest BCUT2D eigenvalue weighted by molar-refractivity contribution is 5.83. The van der Waals surface area contributed by atoms with Crippen LogP contribution in [0.1, 0.15) is 127 Å². The lowest BCUT2D eigenvalue weighted by atomic mass is 9.72. The first-order valence-corrected chi connectivity index (χ1v) is 36.4. The standard InChI is InChI=1S/C84H98O15/c1-7-54(2)77-70(45-76-84(6,98-77)79(90-50-57-25-15-10-16-26-57)78-71(93-76)46-81(3)74(95-78)43-68(89-49-56-23-13-9-14-24-56)72(97-81)52-87-47-55-21-11-8-12-22-55)92-67-37-38-73-82(4,99-80(67)85)53-83(5)75(94-73)44-69-66(96-83)36-35-64(88-51-59-32-34-61-28-18-20-30-63(61)42-59)65(91-69)39-40-86-48-58-31-33-60-27-17-19-29-62(60)41-58/h7-34,41-42,54,64-79H,1,35-40,43-53H2,2-6H3/t54-,64+,65-,66-,67-,68-,69+,70+,71+,72+,73+,74+,75-,76-,77-,78+,79-,81-,82-,83+,84-/m0/s1. The Labute approximate surface area is 583 Å². The minimum absolute atomic E-state index is 0.194. The number of rotatable bonds is 22. The third-order valence-corrected chi connectivity index (χ3v) is 22.9. The maximum absolute atomic E-state index is 15.0. The summed E-state index contributed by atoms with van der Waals surface area (Å²) in [7, 11) is 0. The molecular formula is C84H98O15. The topological polar surface area (TPSA) is 146 Å². The number of ether oxygens (including phenoxy) is 14. The number of hydrogen-bond donors (Lipinski definition) is 0. The van der Waals surface area contributed by atoms with Crippen LogP contribution in [0, 0.1) is 5.92 Å². The van der Waals surface area contributed by atoms with E-state index in [9.17, 15) is 0 Å². The maximum atomic E-state index is 15.0. The van der Waals surface area contributed by atoms with Gasteiger partial charge in [-0.15, -0.1) is 6.58 Å². The van der Waals surface area contributed by atoms with Gasteiger partial charge >= 0.3 is 5.97 Å². The molecule has 8 aliphatic heterocycles. The molecule has 8 saturated heterocycles. The van der Waals surface area contributed by atoms with Gasteiger partial charge < -0.3 is 66.3 Å². The SMILES string of the molecule is C=C[C@H](C)[C@@H]1O[C@@]2(C)[C@H](C[C@H]1O[C@H]1CC[C@H]3O[C@H]4C[C@H]5O[C@@H](CCOCc6ccc7ccccc7c6)[C@H](OCc6ccc7ccccc7c6)CC[C@@H]5O[C@]4(C)C[C@]3(C)OC1=O)O[C@@H]1C[C@]3(C)O[C@H](COCc4ccccc4)[C@@H](OCc4ccccc4)C[C@H]3O[C@H]1[C@@H]2OCc1ccccc1. The molecule has 7 aromatic carbocycles. The van der Waals surface area contributed by atoms with Crippen molar-refractivity contribution in [2.75, 3.05) is 13.2 Å². The average Bonchev–Trinajstić information content (AvgIpc) is 0.997. The van der Waals surface area contributed by atoms with Crippen molar-refractivity contribution in [2.45, 2.75) is 252 Å². The number of hydrogen-bond acceptors (Lipinski definition) is 15. The lowest BCUT2D eigenvalue weighted by Crippen LogP contribution is -2.75. The van der Waals surface area contributed by atoms with Crippen LogP contribution in [0.25, 0.3) is 21.5 Å². The molecule has 15 nitrogen and oxygen atoms in total. The van der Waals surface area contributed by atoms with Crippen LogP contribution < -0.4 is 0 Å². The summed E-state index contributed by atoms with van der Waals surface area (Å²) in [6.45, 7) is 17.7. The summed E-state index contributed by atoms with van der Waals surface area (Å²) in [5, 5.41) is 4.79. The second-order valence-corrected chi connectivity index (χ2v) is 30.1. The molecule has 0 radical (unpaired) electrons. The van der Waals surface area contributed by atoms with Gasteiger partial charge in [-0.05, 0) is 121 Å². The van der Waals surface area contributed by atoms with Crippen molar-refractivity contribution in [1.82, 2.24) is 0 Å². The van der Waals surface area contributed by atoms with E-state index in [1.165, 1.54) is 21.5 Å². The van der Waals surface area contributed by atoms with E-state index in [0.717, 1.165) is 40.7 Å². The predicted molar refractivity (Wildman–Crippen MR) is 375 cm³/mol. The summed E-state index contributed by atoms with van der Waals surface area (Å²) in [6.07, 6.45) is 0.579. The van der Waals surface area contributed by atoms with Gasteiger partial charge in [0, 0.05) is 44.6 Å². The fraction of sp³-hybridized carbons (Fsp3) is 0.512. The molecule has 7 aromatic rings. The van der Waals surface area contributed by atoms with E-state index < -0.39 is 77.2 Å². The Morgan fingerprint density at radius 3 is 1.78 bits per heavy atom. The average molecular weight is 1350 g/mol. The summed E-state index contributed by atoms with van der Waals surface area (Å²) in [5.41, 5.74) is 1.86. The highest BCUT2D eigenvalue weighted by atomic mass is 16.7. The Hall–Kier alpha value is -6.25. The number of esters is 1. The molecule has 21 atom stereocenters. The third-order valence-electron chi connectivity index (χ3n) is 22.9. The molecule has 0 N–H and O–H groups in total. The van der Waals surface area contributed by atoms with Crippen LogP contribution in [0.3, 0.4) is 0 Å². The summed E-state index contributed by atoms with van der Waals surface area (Å²) in [5.74, 6) is -0.621. The number of carbonyl (C=O) groups is 1. The van der Waals surface area contributed by atoms with Gasteiger partial charge in [-0.25, -0.2) is 4.79 Å². The first-order valence-electron chi connectivity index (χ1n) is 36.4. The van der Waals surface area contributed by atoms with E-state index >= 15 is 4.79 Å². The third kappa shape index (κ3) is 14.9. The van der Waals surface area contributed by atoms with Gasteiger partial charge in [0.05, 0.1) is 124 Å². The molecule has 99 heavy (non-hydrogen) atoms. The Bertz CT molecular complexity index is 3860. The van der Waals surface area contributed by atoms with Crippen molar-refractivity contribution in [3.8, 4) is 0 Å². The van der Waals surface area contributed by atoms with Crippen LogP contribution in [-0.4, -0.2) is 139 Å². The zero-order valence-corrected chi connectivity index (χ0v) is 58.0. The highest BCUT2D eigenvalue weighted by Gasteiger charge is 2.66. The van der Waals surface area contributed by atoms with Gasteiger partial charge in [0.1, 0.15) is 29.5 Å². The molecule has 15 rings (SSSR count). The van der Waals surface area contributed by atoms with Gasteiger partial charge in [0.25, 0.3) is 0 Å². The van der Waals surface area contributed by atoms with Crippen molar-refractivity contribution in [2.24, 2.45) is 5.92 Å². The molecule has 0 saturated carbocycles. The van der Waals surface area contributed by atoms with Gasteiger partial charge in [0.2, 0.25) is 0 Å². The number of benzene rings is 7. The monoisotopic (exact) mass is 1350 g/mol. The maximum Gasteiger partial charge on any atom is 0.335 e. The number of carbonyl (C=O) groups excluding carboxylic acids is 1. The second-order valence-electron chi connectivity index (χ2n) is 30.1. The van der Waals surface area contributed by atoms with Crippen molar-refractivity contribution < 1.29 is 71.1 Å². The van der Waals surface area contributed by atoms with E-state index in [1.807, 2.05) is 67.6 Å². The summed E-state index contributed by atoms with van der Waals surface area (Å²) in [6, 6.07) is 60.5. The predicted octanol–water partition coefficient (Wildman–Crippen LogP) is 14.8. The van der Waals surface area contributed by atoms with Crippen LogP contribution in [0.4, 0.5) is 0 Å². The Morgan fingerprint density at radius 1 is 0.495 bits per heavy atom. The van der Waals surface area contributed by atoms with E-state index in [4.69, 9.17) is 66.3 Å². The zero-order valence-electron chi connectivity index (χ0n) is 58.0. The molecule has 524 valence electrons. The van der Waals surface area contributed by atoms with Crippen molar-refractivity contribution in [3.63, 3.8) is 0 Å². The quantitative estimate of drug-likeness (QED) is 0.0360. The Balaban J connectivity index is 0.634. The molecule has 0 bridgehead atoms. The summed E-state index contributed by atoms with van der Waals surface area (Å²) < 4.78 is 99.0. The van der Waals surface area contributed by atoms with Crippen molar-refractivity contribution >= 4 is 27.5 Å². The lowest BCUT2D eigenvalue weighted by Gasteiger charge is -2.62. The van der Waals surface area contributed by atoms with E-state index in [2.05, 4.69) is 156 Å². The molecule has 0 spiro atoms. The largest absolute Gasteiger partial charge is 0.455 e. The zero-order chi connectivity index (χ0) is 67.7. The van der Waals surface area contributed by atoms with Crippen LogP contribution >= 0.6 is 0 Å². The molecule has 15 heteroatoms. The lowest BCUT2D eigenvalue weighted by molar-refractivity contribution is -0.382. The van der Waals surface area contributed by atoms with E-state index in [-0.39, 0.29) is 54.7 Å². The Morgan fingerprint density at radius 2 is 1.09 bits per heavy atom. The molecule has 0 amide bonds. The fourth-order valence-corrected chi connectivity index (χ4v) is 17.4. The summed E-state index contributed by atoms with van der Waals surface area (Å²) >= 11 is 0. The minimum Gasteiger partial charge on any atom is -0.455 e.